The molecule has 0 radical (unpaired) electrons. The highest BCUT2D eigenvalue weighted by molar-refractivity contribution is 5.96. The van der Waals surface area contributed by atoms with Crippen LogP contribution in [0.4, 0.5) is 0 Å². The zero-order valence-corrected chi connectivity index (χ0v) is 8.03. The van der Waals surface area contributed by atoms with E-state index >= 15 is 0 Å². The number of rotatable bonds is 3. The van der Waals surface area contributed by atoms with Crippen molar-refractivity contribution in [2.24, 2.45) is 5.73 Å². The van der Waals surface area contributed by atoms with E-state index in [1.807, 2.05) is 0 Å². The zero-order valence-electron chi connectivity index (χ0n) is 8.03. The Morgan fingerprint density at radius 2 is 2.33 bits per heavy atom. The van der Waals surface area contributed by atoms with Crippen LogP contribution in [-0.2, 0) is 6.42 Å². The molecule has 4 N–H and O–H groups in total. The molecule has 2 aromatic rings. The van der Waals surface area contributed by atoms with Crippen molar-refractivity contribution in [1.82, 2.24) is 9.97 Å². The number of carbonyl (C=O) groups is 1. The Morgan fingerprint density at radius 1 is 1.53 bits per heavy atom. The lowest BCUT2D eigenvalue weighted by Crippen LogP contribution is -2.10. The van der Waals surface area contributed by atoms with Gasteiger partial charge in [-0.15, -0.1) is 0 Å². The molecule has 0 unspecified atom stereocenters. The number of aromatic amines is 1. The van der Waals surface area contributed by atoms with Crippen LogP contribution in [0, 0.1) is 0 Å². The van der Waals surface area contributed by atoms with Crippen molar-refractivity contribution in [2.45, 2.75) is 6.42 Å². The molecule has 15 heavy (non-hydrogen) atoms. The van der Waals surface area contributed by atoms with E-state index in [0.29, 0.717) is 23.3 Å². The van der Waals surface area contributed by atoms with E-state index < -0.39 is 5.91 Å². The van der Waals surface area contributed by atoms with Gasteiger partial charge in [0, 0.05) is 12.0 Å². The minimum atomic E-state index is -0.469. The Bertz CT molecular complexity index is 504. The van der Waals surface area contributed by atoms with Gasteiger partial charge in [0.05, 0.1) is 17.6 Å². The number of H-pyrrole nitrogens is 1. The summed E-state index contributed by atoms with van der Waals surface area (Å²) < 4.78 is 0. The second-order valence-corrected chi connectivity index (χ2v) is 3.25. The van der Waals surface area contributed by atoms with E-state index in [9.17, 15) is 4.79 Å². The Balaban J connectivity index is 2.47. The summed E-state index contributed by atoms with van der Waals surface area (Å²) >= 11 is 0. The topological polar surface area (TPSA) is 92.0 Å². The number of nitrogens with one attached hydrogen (secondary N) is 1. The van der Waals surface area contributed by atoms with E-state index in [2.05, 4.69) is 9.97 Å². The van der Waals surface area contributed by atoms with Crippen molar-refractivity contribution in [3.63, 3.8) is 0 Å². The van der Waals surface area contributed by atoms with E-state index in [-0.39, 0.29) is 6.61 Å². The minimum Gasteiger partial charge on any atom is -0.396 e. The number of hydrogen-bond donors (Lipinski definition) is 3. The van der Waals surface area contributed by atoms with Gasteiger partial charge in [0.2, 0.25) is 5.91 Å². The molecule has 0 spiro atoms. The Morgan fingerprint density at radius 3 is 3.00 bits per heavy atom. The second kappa shape index (κ2) is 3.70. The third-order valence-corrected chi connectivity index (χ3v) is 2.17. The van der Waals surface area contributed by atoms with Crippen LogP contribution < -0.4 is 5.73 Å². The maximum absolute atomic E-state index is 10.9. The van der Waals surface area contributed by atoms with Crippen LogP contribution in [0.1, 0.15) is 16.2 Å². The van der Waals surface area contributed by atoms with Crippen LogP contribution in [0.15, 0.2) is 18.2 Å². The molecule has 1 aromatic heterocycles. The lowest BCUT2D eigenvalue weighted by atomic mass is 10.2. The molecule has 0 saturated heterocycles. The molecule has 0 bridgehead atoms. The van der Waals surface area contributed by atoms with E-state index in [4.69, 9.17) is 10.8 Å². The first-order chi connectivity index (χ1) is 7.20. The quantitative estimate of drug-likeness (QED) is 0.668. The molecule has 2 rings (SSSR count). The average molecular weight is 205 g/mol. The summed E-state index contributed by atoms with van der Waals surface area (Å²) in [4.78, 5) is 18.2. The maximum atomic E-state index is 10.9. The largest absolute Gasteiger partial charge is 0.396 e. The summed E-state index contributed by atoms with van der Waals surface area (Å²) in [7, 11) is 0. The van der Waals surface area contributed by atoms with Gasteiger partial charge in [0.15, 0.2) is 0 Å². The second-order valence-electron chi connectivity index (χ2n) is 3.25. The number of nitrogens with two attached hydrogens (primary N) is 1. The van der Waals surface area contributed by atoms with Crippen LogP contribution in [0.5, 0.6) is 0 Å². The maximum Gasteiger partial charge on any atom is 0.248 e. The molecule has 1 amide bonds. The number of hydrogen-bond acceptors (Lipinski definition) is 3. The number of amides is 1. The Hall–Kier alpha value is -1.88. The molecule has 1 aromatic carbocycles. The predicted molar refractivity (Wildman–Crippen MR) is 55.4 cm³/mol. The molecule has 0 aliphatic carbocycles. The Labute approximate surface area is 85.9 Å². The van der Waals surface area contributed by atoms with Gasteiger partial charge < -0.3 is 15.8 Å². The number of aromatic nitrogens is 2. The van der Waals surface area contributed by atoms with Gasteiger partial charge in [-0.1, -0.05) is 0 Å². The standard InChI is InChI=1S/C10H11N3O2/c11-10(15)6-1-2-7-8(5-6)13-9(12-7)3-4-14/h1-2,5,14H,3-4H2,(H2,11,15)(H,12,13). The third kappa shape index (κ3) is 1.82. The molecule has 0 fully saturated rings. The Kier molecular flexibility index (Phi) is 2.39. The van der Waals surface area contributed by atoms with Gasteiger partial charge in [-0.3, -0.25) is 4.79 Å². The van der Waals surface area contributed by atoms with Gasteiger partial charge in [-0.05, 0) is 18.2 Å². The molecule has 5 nitrogen and oxygen atoms in total. The van der Waals surface area contributed by atoms with Gasteiger partial charge >= 0.3 is 0 Å². The summed E-state index contributed by atoms with van der Waals surface area (Å²) in [6.07, 6.45) is 0.473. The van der Waals surface area contributed by atoms with Gasteiger partial charge in [0.1, 0.15) is 5.82 Å². The number of fused-ring (bicyclic) bond motifs is 1. The highest BCUT2D eigenvalue weighted by Crippen LogP contribution is 2.13. The number of carbonyl (C=O) groups excluding carboxylic acids is 1. The number of imidazole rings is 1. The average Bonchev–Trinajstić information content (AvgIpc) is 2.59. The zero-order chi connectivity index (χ0) is 10.8. The van der Waals surface area contributed by atoms with E-state index in [0.717, 1.165) is 5.52 Å². The fourth-order valence-electron chi connectivity index (χ4n) is 1.44. The van der Waals surface area contributed by atoms with Gasteiger partial charge in [-0.2, -0.15) is 0 Å². The van der Waals surface area contributed by atoms with Crippen molar-refractivity contribution in [1.29, 1.82) is 0 Å². The highest BCUT2D eigenvalue weighted by atomic mass is 16.3. The summed E-state index contributed by atoms with van der Waals surface area (Å²) in [5, 5.41) is 8.75. The van der Waals surface area contributed by atoms with Crippen molar-refractivity contribution >= 4 is 16.9 Å². The van der Waals surface area contributed by atoms with Crippen molar-refractivity contribution < 1.29 is 9.90 Å². The summed E-state index contributed by atoms with van der Waals surface area (Å²) in [6.45, 7) is 0.0441. The molecule has 0 atom stereocenters. The third-order valence-electron chi connectivity index (χ3n) is 2.17. The molecule has 0 saturated carbocycles. The first-order valence-corrected chi connectivity index (χ1v) is 4.60. The first kappa shape index (κ1) is 9.67. The SMILES string of the molecule is NC(=O)c1ccc2[nH]c(CCO)nc2c1. The number of aliphatic hydroxyl groups is 1. The van der Waals surface area contributed by atoms with Gasteiger partial charge in [0.25, 0.3) is 0 Å². The molecule has 78 valence electrons. The number of nitrogens with zero attached hydrogens (tertiary/aromatic N) is 1. The fourth-order valence-corrected chi connectivity index (χ4v) is 1.44. The van der Waals surface area contributed by atoms with Crippen molar-refractivity contribution in [3.8, 4) is 0 Å². The molecular formula is C10H11N3O2. The predicted octanol–water partition coefficient (Wildman–Crippen LogP) is 0.197. The monoisotopic (exact) mass is 205 g/mol. The van der Waals surface area contributed by atoms with E-state index in [1.54, 1.807) is 18.2 Å². The summed E-state index contributed by atoms with van der Waals surface area (Å²) in [6, 6.07) is 5.03. The number of primary amides is 1. The molecule has 1 heterocycles. The lowest BCUT2D eigenvalue weighted by Gasteiger charge is -1.93. The smallest absolute Gasteiger partial charge is 0.248 e. The van der Waals surface area contributed by atoms with Crippen LogP contribution in [0.2, 0.25) is 0 Å². The first-order valence-electron chi connectivity index (χ1n) is 4.60. The van der Waals surface area contributed by atoms with Gasteiger partial charge in [-0.25, -0.2) is 4.98 Å². The summed E-state index contributed by atoms with van der Waals surface area (Å²) in [5.74, 6) is 0.234. The summed E-state index contributed by atoms with van der Waals surface area (Å²) in [5.41, 5.74) is 7.11. The fraction of sp³-hybridized carbons (Fsp3) is 0.200. The molecule has 5 heteroatoms. The van der Waals surface area contributed by atoms with Crippen molar-refractivity contribution in [3.05, 3.63) is 29.6 Å². The lowest BCUT2D eigenvalue weighted by molar-refractivity contribution is 0.100. The van der Waals surface area contributed by atoms with E-state index in [1.165, 1.54) is 0 Å². The van der Waals surface area contributed by atoms with Crippen LogP contribution in [0.25, 0.3) is 11.0 Å². The molecular weight excluding hydrogens is 194 g/mol. The van der Waals surface area contributed by atoms with Crippen LogP contribution in [0.3, 0.4) is 0 Å². The normalized spacial score (nSPS) is 10.7. The number of benzene rings is 1. The number of aliphatic hydroxyl groups excluding tert-OH is 1. The minimum absolute atomic E-state index is 0.0441. The molecule has 0 aliphatic rings. The highest BCUT2D eigenvalue weighted by Gasteiger charge is 2.05. The van der Waals surface area contributed by atoms with Crippen molar-refractivity contribution in [2.75, 3.05) is 6.61 Å². The molecule has 0 aliphatic heterocycles. The van der Waals surface area contributed by atoms with Crippen LogP contribution in [-0.4, -0.2) is 27.6 Å². The van der Waals surface area contributed by atoms with Crippen LogP contribution >= 0.6 is 0 Å².